The van der Waals surface area contributed by atoms with Crippen LogP contribution in [0.25, 0.3) is 0 Å². The molecule has 0 bridgehead atoms. The molecular weight excluding hydrogens is 1610 g/mol. The third-order valence-corrected chi connectivity index (χ3v) is 21.1. The standard InChI is InChI=1S/C35H37F3N2O5.2C35H40N2O4/c1-24-7-5-9-26(17-24)22-43-32-12-4-3-11-28(32)20-40(16-15-31(39)34(41)42)21-29-19-30(45-35(36,37)38)13-14-33(29)44-23-27-10-6-8-25(2)18-27;1-25-9-6-12-28(19-25)23-40-33-16-5-4-14-30(33)21-37(18-17-32(36)35(38)39)22-31-15-8-11-27(3)34(31)41-24-29-13-7-10-26(2)20-29;1-25-8-6-10-28(18-25)23-40-33-13-5-4-12-30(33)21-37(17-16-32(36)35(38)39)22-31-15-14-27(3)20-34(31)41-24-29-11-7-9-26(2)19-29/h3-14,17-19,31H,15-16,20-23,39H2,1-2H3,(H,41,42);4-16,19-20,32H,17-18,21-24,36H2,1-3H3,(H,38,39);4-15,18-20,32H,16-17,21-24,36H2,1-3H3,(H,38,39)/t31-;2*32-/m000/s1. The Bertz CT molecular complexity index is 5550. The zero-order valence-corrected chi connectivity index (χ0v) is 73.6. The van der Waals surface area contributed by atoms with Gasteiger partial charge in [0, 0.05) is 92.3 Å². The van der Waals surface area contributed by atoms with Crippen LogP contribution in [0, 0.1) is 55.4 Å². The fourth-order valence-electron chi connectivity index (χ4n) is 14.5. The van der Waals surface area contributed by atoms with Gasteiger partial charge in [-0.05, 0) is 162 Å². The normalized spacial score (nSPS) is 11.9. The SMILES string of the molecule is Cc1cccc(COc2ccccc2CN(CC[C@H](N)C(=O)O)Cc2cc(OC(F)(F)F)ccc2OCc2cccc(C)c2)c1.Cc1cccc(COc2ccccc2CN(CC[C@H](N)C(=O)O)Cc2ccc(C)cc2OCc2cccc(C)c2)c1.Cc1cccc(COc2ccccc2CN(CC[C@H](N)C(=O)O)Cc2cccc(C)c2OCc2cccc(C)c2)c1. The predicted molar refractivity (Wildman–Crippen MR) is 491 cm³/mol. The molecule has 22 heteroatoms. The molecule has 0 unspecified atom stereocenters. The first-order valence-electron chi connectivity index (χ1n) is 42.5. The number of ether oxygens (including phenoxy) is 7. The number of aliphatic carboxylic acids is 3. The van der Waals surface area contributed by atoms with Crippen LogP contribution in [0.3, 0.4) is 0 Å². The minimum atomic E-state index is -4.87. The lowest BCUT2D eigenvalue weighted by atomic mass is 10.1. The number of para-hydroxylation sites is 4. The van der Waals surface area contributed by atoms with E-state index in [2.05, 4.69) is 158 Å². The van der Waals surface area contributed by atoms with E-state index < -0.39 is 42.4 Å². The first-order chi connectivity index (χ1) is 61.0. The minimum Gasteiger partial charge on any atom is -0.489 e. The van der Waals surface area contributed by atoms with Gasteiger partial charge in [0.05, 0.1) is 0 Å². The highest BCUT2D eigenvalue weighted by atomic mass is 19.4. The van der Waals surface area contributed by atoms with Crippen LogP contribution in [0.15, 0.2) is 273 Å². The van der Waals surface area contributed by atoms with Gasteiger partial charge in [0.1, 0.15) is 98.0 Å². The van der Waals surface area contributed by atoms with Crippen molar-refractivity contribution in [2.75, 3.05) is 19.6 Å². The second-order valence-electron chi connectivity index (χ2n) is 32.3. The van der Waals surface area contributed by atoms with E-state index in [4.69, 9.17) is 45.6 Å². The Hall–Kier alpha value is -12.8. The van der Waals surface area contributed by atoms with Gasteiger partial charge < -0.3 is 65.7 Å². The van der Waals surface area contributed by atoms with Crippen LogP contribution in [0.1, 0.15) is 131 Å². The van der Waals surface area contributed by atoms with E-state index in [1.54, 1.807) is 0 Å². The number of alkyl halides is 3. The van der Waals surface area contributed by atoms with E-state index in [1.165, 1.54) is 40.5 Å². The minimum absolute atomic E-state index is 0.111. The molecule has 127 heavy (non-hydrogen) atoms. The lowest BCUT2D eigenvalue weighted by molar-refractivity contribution is -0.274. The van der Waals surface area contributed by atoms with Crippen LogP contribution < -0.4 is 50.4 Å². The summed E-state index contributed by atoms with van der Waals surface area (Å²) in [6.07, 6.45) is -4.11. The van der Waals surface area contributed by atoms with Gasteiger partial charge in [-0.25, -0.2) is 0 Å². The molecule has 12 aromatic rings. The number of nitrogens with zero attached hydrogens (tertiary/aromatic N) is 3. The molecule has 0 aliphatic heterocycles. The molecule has 19 nitrogen and oxygen atoms in total. The number of carbonyl (C=O) groups is 3. The highest BCUT2D eigenvalue weighted by Gasteiger charge is 2.32. The van der Waals surface area contributed by atoms with Gasteiger partial charge in [0.2, 0.25) is 0 Å². The Labute approximate surface area is 744 Å². The molecule has 12 aromatic carbocycles. The number of rotatable bonds is 43. The molecule has 0 radical (unpaired) electrons. The van der Waals surface area contributed by atoms with Gasteiger partial charge in [-0.15, -0.1) is 13.2 Å². The van der Waals surface area contributed by atoms with Crippen molar-refractivity contribution in [1.82, 2.24) is 14.7 Å². The number of hydrogen-bond acceptors (Lipinski definition) is 16. The molecule has 0 fully saturated rings. The zero-order valence-electron chi connectivity index (χ0n) is 73.6. The molecule has 0 amide bonds. The van der Waals surface area contributed by atoms with Crippen molar-refractivity contribution < 1.29 is 76.0 Å². The summed E-state index contributed by atoms with van der Waals surface area (Å²) in [5.74, 6) is 0.786. The van der Waals surface area contributed by atoms with E-state index in [9.17, 15) is 42.9 Å². The summed E-state index contributed by atoms with van der Waals surface area (Å²) in [6.45, 7) is 22.7. The first kappa shape index (κ1) is 96.4. The van der Waals surface area contributed by atoms with Crippen LogP contribution in [0.2, 0.25) is 0 Å². The third kappa shape index (κ3) is 32.9. The second kappa shape index (κ2) is 48.6. The number of hydrogen-bond donors (Lipinski definition) is 6. The maximum atomic E-state index is 13.1. The van der Waals surface area contributed by atoms with Crippen molar-refractivity contribution in [1.29, 1.82) is 0 Å². The molecule has 12 rings (SSSR count). The summed E-state index contributed by atoms with van der Waals surface area (Å²) >= 11 is 0. The van der Waals surface area contributed by atoms with E-state index in [0.29, 0.717) is 109 Å². The largest absolute Gasteiger partial charge is 0.573 e. The van der Waals surface area contributed by atoms with Gasteiger partial charge in [0.25, 0.3) is 0 Å². The van der Waals surface area contributed by atoms with E-state index >= 15 is 0 Å². The molecule has 0 saturated carbocycles. The molecule has 9 N–H and O–H groups in total. The van der Waals surface area contributed by atoms with Crippen LogP contribution in [0.5, 0.6) is 40.2 Å². The summed E-state index contributed by atoms with van der Waals surface area (Å²) < 4.78 is 81.1. The van der Waals surface area contributed by atoms with Crippen LogP contribution >= 0.6 is 0 Å². The lowest BCUT2D eigenvalue weighted by Crippen LogP contribution is -2.35. The summed E-state index contributed by atoms with van der Waals surface area (Å²) in [4.78, 5) is 40.8. The summed E-state index contributed by atoms with van der Waals surface area (Å²) in [5.41, 5.74) is 38.5. The lowest BCUT2D eigenvalue weighted by Gasteiger charge is -2.26. The van der Waals surface area contributed by atoms with E-state index in [1.807, 2.05) is 171 Å². The van der Waals surface area contributed by atoms with Gasteiger partial charge in [-0.3, -0.25) is 29.1 Å². The van der Waals surface area contributed by atoms with Gasteiger partial charge >= 0.3 is 24.3 Å². The summed E-state index contributed by atoms with van der Waals surface area (Å²) in [5, 5.41) is 28.2. The Morgan fingerprint density at radius 3 is 0.906 bits per heavy atom. The fourth-order valence-corrected chi connectivity index (χ4v) is 14.5. The molecular formula is C105H117F3N6O13. The predicted octanol–water partition coefficient (Wildman–Crippen LogP) is 20.3. The van der Waals surface area contributed by atoms with Crippen molar-refractivity contribution in [3.05, 3.63) is 384 Å². The van der Waals surface area contributed by atoms with Gasteiger partial charge in [-0.2, -0.15) is 0 Å². The molecule has 0 aliphatic carbocycles. The molecule has 0 heterocycles. The molecule has 0 spiro atoms. The Morgan fingerprint density at radius 2 is 0.575 bits per heavy atom. The maximum Gasteiger partial charge on any atom is 0.573 e. The molecule has 0 aromatic heterocycles. The highest BCUT2D eigenvalue weighted by Crippen LogP contribution is 2.35. The van der Waals surface area contributed by atoms with Crippen LogP contribution in [-0.2, 0) is 93.3 Å². The number of halogens is 3. The van der Waals surface area contributed by atoms with Crippen LogP contribution in [0.4, 0.5) is 13.2 Å². The highest BCUT2D eigenvalue weighted by molar-refractivity contribution is 5.74. The molecule has 0 saturated heterocycles. The average molecular weight is 1730 g/mol. The number of carboxylic acids is 3. The number of aryl methyl sites for hydroxylation is 8. The molecule has 0 aliphatic rings. The average Bonchev–Trinajstić information content (AvgIpc) is 0.842. The van der Waals surface area contributed by atoms with E-state index in [-0.39, 0.29) is 31.9 Å². The smallest absolute Gasteiger partial charge is 0.489 e. The number of carboxylic acid groups (broad SMARTS) is 3. The quantitative estimate of drug-likeness (QED) is 0.0207. The Morgan fingerprint density at radius 1 is 0.299 bits per heavy atom. The summed E-state index contributed by atoms with van der Waals surface area (Å²) in [6, 6.07) is 85.7. The van der Waals surface area contributed by atoms with Crippen LogP contribution in [-0.4, -0.2) is 92.0 Å². The first-order valence-corrected chi connectivity index (χ1v) is 42.5. The fraction of sp³-hybridized carbons (Fsp3) is 0.286. The zero-order chi connectivity index (χ0) is 90.8. The number of nitrogens with two attached hydrogens (primary N) is 3. The van der Waals surface area contributed by atoms with Crippen molar-refractivity contribution >= 4 is 17.9 Å². The maximum absolute atomic E-state index is 13.1. The molecule has 3 atom stereocenters. The van der Waals surface area contributed by atoms with Gasteiger partial charge in [0.15, 0.2) is 0 Å². The summed E-state index contributed by atoms with van der Waals surface area (Å²) in [7, 11) is 0. The van der Waals surface area contributed by atoms with E-state index in [0.717, 1.165) is 106 Å². The van der Waals surface area contributed by atoms with Crippen molar-refractivity contribution in [3.8, 4) is 40.2 Å². The second-order valence-corrected chi connectivity index (χ2v) is 32.3. The topological polar surface area (TPSA) is 264 Å². The third-order valence-electron chi connectivity index (χ3n) is 21.1. The Kier molecular flexibility index (Phi) is 36.9. The number of benzene rings is 12. The monoisotopic (exact) mass is 1730 g/mol. The van der Waals surface area contributed by atoms with Crippen molar-refractivity contribution in [2.24, 2.45) is 17.2 Å². The van der Waals surface area contributed by atoms with Crippen molar-refractivity contribution in [3.63, 3.8) is 0 Å². The molecule has 666 valence electrons. The Balaban J connectivity index is 0.000000199. The van der Waals surface area contributed by atoms with Gasteiger partial charge in [-0.1, -0.05) is 264 Å². The van der Waals surface area contributed by atoms with Crippen molar-refractivity contribution in [2.45, 2.75) is 178 Å².